The number of aromatic hydroxyl groups is 1. The molecule has 0 saturated heterocycles. The molecule has 4 nitrogen and oxygen atoms in total. The highest BCUT2D eigenvalue weighted by Gasteiger charge is 2.38. The Morgan fingerprint density at radius 3 is 2.58 bits per heavy atom. The van der Waals surface area contributed by atoms with Gasteiger partial charge in [-0.25, -0.2) is 0 Å². The first-order valence-corrected chi connectivity index (χ1v) is 8.41. The minimum Gasteiger partial charge on any atom is -0.508 e. The zero-order valence-corrected chi connectivity index (χ0v) is 14.0. The van der Waals surface area contributed by atoms with E-state index >= 15 is 0 Å². The van der Waals surface area contributed by atoms with Gasteiger partial charge in [-0.15, -0.1) is 0 Å². The van der Waals surface area contributed by atoms with Crippen LogP contribution >= 0.6 is 0 Å². The van der Waals surface area contributed by atoms with Crippen LogP contribution in [-0.2, 0) is 12.8 Å². The van der Waals surface area contributed by atoms with E-state index in [4.69, 9.17) is 9.47 Å². The summed E-state index contributed by atoms with van der Waals surface area (Å²) >= 11 is 0. The normalized spacial score (nSPS) is 24.3. The van der Waals surface area contributed by atoms with E-state index in [9.17, 15) is 10.2 Å². The zero-order chi connectivity index (χ0) is 16.9. The summed E-state index contributed by atoms with van der Waals surface area (Å²) in [5, 5.41) is 19.9. The number of aliphatic hydroxyl groups excluding tert-OH is 1. The van der Waals surface area contributed by atoms with Crippen molar-refractivity contribution in [1.82, 2.24) is 0 Å². The number of fused-ring (bicyclic) bond motifs is 3. The summed E-state index contributed by atoms with van der Waals surface area (Å²) in [5.41, 5.74) is 2.59. The van der Waals surface area contributed by atoms with Gasteiger partial charge in [0.1, 0.15) is 29.0 Å². The highest BCUT2D eigenvalue weighted by atomic mass is 16.5. The summed E-state index contributed by atoms with van der Waals surface area (Å²) in [5.74, 6) is 1.91. The largest absolute Gasteiger partial charge is 0.508 e. The minimum atomic E-state index is -0.591. The van der Waals surface area contributed by atoms with Crippen LogP contribution in [0.4, 0.5) is 0 Å². The molecule has 2 N–H and O–H groups in total. The van der Waals surface area contributed by atoms with Crippen molar-refractivity contribution in [2.24, 2.45) is 0 Å². The lowest BCUT2D eigenvalue weighted by Crippen LogP contribution is -2.46. The van der Waals surface area contributed by atoms with Crippen molar-refractivity contribution in [3.8, 4) is 17.2 Å². The summed E-state index contributed by atoms with van der Waals surface area (Å²) in [6, 6.07) is 11.2. The van der Waals surface area contributed by atoms with Crippen molar-refractivity contribution >= 4 is 0 Å². The molecule has 2 aliphatic rings. The van der Waals surface area contributed by atoms with Crippen LogP contribution in [0.1, 0.15) is 43.1 Å². The Balaban J connectivity index is 1.69. The van der Waals surface area contributed by atoms with Crippen molar-refractivity contribution < 1.29 is 19.7 Å². The molecule has 0 fully saturated rings. The third-order valence-electron chi connectivity index (χ3n) is 5.07. The van der Waals surface area contributed by atoms with Crippen molar-refractivity contribution in [2.45, 2.75) is 50.9 Å². The second-order valence-electron chi connectivity index (χ2n) is 7.19. The maximum atomic E-state index is 10.4. The van der Waals surface area contributed by atoms with Gasteiger partial charge in [0.25, 0.3) is 0 Å². The lowest BCUT2D eigenvalue weighted by atomic mass is 9.87. The lowest BCUT2D eigenvalue weighted by Gasteiger charge is -2.39. The lowest BCUT2D eigenvalue weighted by molar-refractivity contribution is -0.0423. The van der Waals surface area contributed by atoms with Crippen molar-refractivity contribution in [3.63, 3.8) is 0 Å². The second kappa shape index (κ2) is 5.42. The summed E-state index contributed by atoms with van der Waals surface area (Å²) in [4.78, 5) is 0. The van der Waals surface area contributed by atoms with Gasteiger partial charge in [-0.05, 0) is 56.0 Å². The van der Waals surface area contributed by atoms with Crippen LogP contribution < -0.4 is 9.47 Å². The van der Waals surface area contributed by atoms with E-state index in [-0.39, 0.29) is 11.9 Å². The second-order valence-corrected chi connectivity index (χ2v) is 7.19. The Labute approximate surface area is 141 Å². The summed E-state index contributed by atoms with van der Waals surface area (Å²) < 4.78 is 12.3. The molecule has 0 radical (unpaired) electrons. The Morgan fingerprint density at radius 2 is 1.83 bits per heavy atom. The van der Waals surface area contributed by atoms with Crippen LogP contribution in [0.2, 0.25) is 0 Å². The van der Waals surface area contributed by atoms with Gasteiger partial charge in [0.15, 0.2) is 0 Å². The number of phenols is 1. The standard InChI is InChI=1S/C20H22O4/c1-20(2)18(22)11-15-17(24-20)10-6-13-5-9-16(23-19(13)15)12-3-7-14(21)8-4-12/h3-4,6-8,10,16,18,21-22H,5,9,11H2,1-2H3/t16-,18+/m0/s1. The fraction of sp³-hybridized carbons (Fsp3) is 0.400. The van der Waals surface area contributed by atoms with Gasteiger partial charge in [0, 0.05) is 12.0 Å². The van der Waals surface area contributed by atoms with Gasteiger partial charge in [0.05, 0.1) is 6.10 Å². The van der Waals surface area contributed by atoms with E-state index in [2.05, 4.69) is 6.07 Å². The van der Waals surface area contributed by atoms with Gasteiger partial charge in [-0.2, -0.15) is 0 Å². The van der Waals surface area contributed by atoms with Gasteiger partial charge >= 0.3 is 0 Å². The molecule has 0 bridgehead atoms. The number of rotatable bonds is 1. The molecule has 2 atom stereocenters. The Bertz CT molecular complexity index is 764. The molecule has 4 rings (SSSR count). The molecule has 2 aliphatic heterocycles. The number of hydrogen-bond donors (Lipinski definition) is 2. The van der Waals surface area contributed by atoms with Crippen molar-refractivity contribution in [1.29, 1.82) is 0 Å². The quantitative estimate of drug-likeness (QED) is 0.842. The topological polar surface area (TPSA) is 58.9 Å². The molecule has 0 spiro atoms. The number of hydrogen-bond acceptors (Lipinski definition) is 4. The average Bonchev–Trinajstić information content (AvgIpc) is 2.56. The fourth-order valence-corrected chi connectivity index (χ4v) is 3.49. The maximum Gasteiger partial charge on any atom is 0.130 e. The molecule has 0 aromatic heterocycles. The van der Waals surface area contributed by atoms with Crippen LogP contribution in [0.3, 0.4) is 0 Å². The Morgan fingerprint density at radius 1 is 1.08 bits per heavy atom. The van der Waals surface area contributed by atoms with Crippen LogP contribution in [0.5, 0.6) is 17.2 Å². The number of aryl methyl sites for hydroxylation is 1. The molecule has 0 aliphatic carbocycles. The van der Waals surface area contributed by atoms with E-state index in [1.54, 1.807) is 12.1 Å². The Kier molecular flexibility index (Phi) is 3.46. The Hall–Kier alpha value is -2.20. The van der Waals surface area contributed by atoms with Gasteiger partial charge < -0.3 is 19.7 Å². The van der Waals surface area contributed by atoms with Crippen LogP contribution in [0.15, 0.2) is 36.4 Å². The predicted molar refractivity (Wildman–Crippen MR) is 90.7 cm³/mol. The molecular weight excluding hydrogens is 304 g/mol. The molecule has 2 aromatic rings. The SMILES string of the molecule is CC1(C)Oc2ccc3c(c2C[C@H]1O)O[C@H](c1ccc(O)cc1)CC3. The van der Waals surface area contributed by atoms with Gasteiger partial charge in [0.2, 0.25) is 0 Å². The van der Waals surface area contributed by atoms with E-state index in [1.807, 2.05) is 32.0 Å². The first kappa shape index (κ1) is 15.3. The third kappa shape index (κ3) is 2.51. The van der Waals surface area contributed by atoms with E-state index in [0.29, 0.717) is 6.42 Å². The first-order valence-electron chi connectivity index (χ1n) is 8.41. The highest BCUT2D eigenvalue weighted by molar-refractivity contribution is 5.53. The summed E-state index contributed by atoms with van der Waals surface area (Å²) in [6.45, 7) is 3.81. The van der Waals surface area contributed by atoms with Gasteiger partial charge in [-0.3, -0.25) is 0 Å². The number of ether oxygens (including phenoxy) is 2. The third-order valence-corrected chi connectivity index (χ3v) is 5.07. The monoisotopic (exact) mass is 326 g/mol. The smallest absolute Gasteiger partial charge is 0.130 e. The maximum absolute atomic E-state index is 10.4. The van der Waals surface area contributed by atoms with E-state index in [0.717, 1.165) is 35.5 Å². The molecule has 2 heterocycles. The summed E-state index contributed by atoms with van der Waals surface area (Å²) in [7, 11) is 0. The summed E-state index contributed by atoms with van der Waals surface area (Å²) in [6.07, 6.45) is 1.75. The molecular formula is C20H22O4. The van der Waals surface area contributed by atoms with Crippen LogP contribution in [-0.4, -0.2) is 21.9 Å². The van der Waals surface area contributed by atoms with Crippen LogP contribution in [0.25, 0.3) is 0 Å². The van der Waals surface area contributed by atoms with E-state index < -0.39 is 11.7 Å². The molecule has 2 aromatic carbocycles. The first-order chi connectivity index (χ1) is 11.4. The van der Waals surface area contributed by atoms with Gasteiger partial charge in [-0.1, -0.05) is 18.2 Å². The number of aliphatic hydroxyl groups is 1. The van der Waals surface area contributed by atoms with E-state index in [1.165, 1.54) is 5.56 Å². The molecule has 0 unspecified atom stereocenters. The molecule has 0 saturated carbocycles. The zero-order valence-electron chi connectivity index (χ0n) is 14.0. The highest BCUT2D eigenvalue weighted by Crippen LogP contribution is 2.45. The van der Waals surface area contributed by atoms with Crippen molar-refractivity contribution in [3.05, 3.63) is 53.1 Å². The molecule has 126 valence electrons. The molecule has 0 amide bonds. The fourth-order valence-electron chi connectivity index (χ4n) is 3.49. The van der Waals surface area contributed by atoms with Crippen molar-refractivity contribution in [2.75, 3.05) is 0 Å². The average molecular weight is 326 g/mol. The molecule has 4 heteroatoms. The van der Waals surface area contributed by atoms with Crippen LogP contribution in [0, 0.1) is 0 Å². The number of phenolic OH excluding ortho intramolecular Hbond substituents is 1. The minimum absolute atomic E-state index is 0.0447. The predicted octanol–water partition coefficient (Wildman–Crippen LogP) is 3.53. The number of benzene rings is 2. The molecule has 24 heavy (non-hydrogen) atoms.